The van der Waals surface area contributed by atoms with Crippen LogP contribution in [0.2, 0.25) is 0 Å². The van der Waals surface area contributed by atoms with E-state index in [0.29, 0.717) is 0 Å². The number of benzene rings is 6. The van der Waals surface area contributed by atoms with Gasteiger partial charge in [-0.25, -0.2) is 0 Å². The van der Waals surface area contributed by atoms with Crippen LogP contribution < -0.4 is 0 Å². The molecule has 0 amide bonds. The molecule has 168 valence electrons. The molecule has 6 aromatic carbocycles. The highest BCUT2D eigenvalue weighted by Crippen LogP contribution is 2.63. The first-order valence-electron chi connectivity index (χ1n) is 12.7. The molecule has 36 heavy (non-hydrogen) atoms. The number of hydrogen-bond acceptors (Lipinski definition) is 0. The molecule has 8 rings (SSSR count). The molecule has 0 radical (unpaired) electrons. The third-order valence-corrected chi connectivity index (χ3v) is 8.33. The Hall–Kier alpha value is -4.42. The summed E-state index contributed by atoms with van der Waals surface area (Å²) >= 11 is 0. The Morgan fingerprint density at radius 2 is 0.917 bits per heavy atom. The molecule has 0 saturated heterocycles. The lowest BCUT2D eigenvalue weighted by atomic mass is 9.70. The number of aryl methyl sites for hydroxylation is 1. The summed E-state index contributed by atoms with van der Waals surface area (Å²) in [5, 5.41) is 2.56. The van der Waals surface area contributed by atoms with Gasteiger partial charge in [0.15, 0.2) is 0 Å². The Morgan fingerprint density at radius 3 is 1.67 bits per heavy atom. The molecule has 0 aromatic heterocycles. The number of fused-ring (bicyclic) bond motifs is 11. The first kappa shape index (κ1) is 19.8. The summed E-state index contributed by atoms with van der Waals surface area (Å²) in [7, 11) is 0. The number of rotatable bonds is 1. The summed E-state index contributed by atoms with van der Waals surface area (Å²) in [6.45, 7) is 2.21. The average molecular weight is 457 g/mol. The quantitative estimate of drug-likeness (QED) is 0.231. The van der Waals surface area contributed by atoms with Gasteiger partial charge < -0.3 is 0 Å². The van der Waals surface area contributed by atoms with Gasteiger partial charge in [-0.1, -0.05) is 121 Å². The maximum absolute atomic E-state index is 2.47. The van der Waals surface area contributed by atoms with Gasteiger partial charge in [0.05, 0.1) is 5.41 Å². The van der Waals surface area contributed by atoms with E-state index < -0.39 is 0 Å². The van der Waals surface area contributed by atoms with Crippen molar-refractivity contribution in [3.8, 4) is 33.4 Å². The Balaban J connectivity index is 1.47. The minimum absolute atomic E-state index is 0.295. The molecule has 0 fully saturated rings. The SMILES string of the molecule is Cc1ccc2c(c1)C1(c3ccccc3-c3ccccc31)c1cc(-c3ccc4ccccc4c3)ccc1-2. The van der Waals surface area contributed by atoms with E-state index in [9.17, 15) is 0 Å². The second-order valence-corrected chi connectivity index (χ2v) is 10.2. The number of hydrogen-bond donors (Lipinski definition) is 0. The summed E-state index contributed by atoms with van der Waals surface area (Å²) in [5.74, 6) is 0. The molecule has 0 bridgehead atoms. The summed E-state index contributed by atoms with van der Waals surface area (Å²) in [4.78, 5) is 0. The molecule has 0 nitrogen and oxygen atoms in total. The van der Waals surface area contributed by atoms with Crippen molar-refractivity contribution in [3.63, 3.8) is 0 Å². The van der Waals surface area contributed by atoms with Gasteiger partial charge >= 0.3 is 0 Å². The lowest BCUT2D eigenvalue weighted by molar-refractivity contribution is 0.793. The highest BCUT2D eigenvalue weighted by atomic mass is 14.5. The molecule has 0 atom stereocenters. The maximum Gasteiger partial charge on any atom is 0.0725 e. The highest BCUT2D eigenvalue weighted by molar-refractivity contribution is 5.96. The maximum atomic E-state index is 2.47. The highest BCUT2D eigenvalue weighted by Gasteiger charge is 2.51. The van der Waals surface area contributed by atoms with Gasteiger partial charge in [-0.2, -0.15) is 0 Å². The molecule has 0 saturated carbocycles. The standard InChI is InChI=1S/C36H24/c1-23-14-18-30-31-19-17-27(26-16-15-24-8-2-3-9-25(24)21-26)22-35(31)36(34(30)20-23)32-12-6-4-10-28(32)29-11-5-7-13-33(29)36/h2-22H,1H3. The van der Waals surface area contributed by atoms with Crippen LogP contribution in [-0.4, -0.2) is 0 Å². The molecule has 2 aliphatic rings. The summed E-state index contributed by atoms with van der Waals surface area (Å²) in [6, 6.07) is 47.6. The zero-order chi connectivity index (χ0) is 23.9. The van der Waals surface area contributed by atoms with Crippen molar-refractivity contribution in [1.29, 1.82) is 0 Å². The van der Waals surface area contributed by atoms with Crippen LogP contribution in [0.4, 0.5) is 0 Å². The molecule has 6 aromatic rings. The van der Waals surface area contributed by atoms with Crippen LogP contribution in [0, 0.1) is 6.92 Å². The second kappa shape index (κ2) is 7.06. The second-order valence-electron chi connectivity index (χ2n) is 10.2. The molecular formula is C36H24. The van der Waals surface area contributed by atoms with Crippen molar-refractivity contribution >= 4 is 10.8 Å². The molecule has 0 heterocycles. The fraction of sp³-hybridized carbons (Fsp3) is 0.0556. The van der Waals surface area contributed by atoms with Crippen LogP contribution in [0.5, 0.6) is 0 Å². The van der Waals surface area contributed by atoms with Crippen LogP contribution >= 0.6 is 0 Å². The van der Waals surface area contributed by atoms with Gasteiger partial charge in [-0.05, 0) is 85.5 Å². The van der Waals surface area contributed by atoms with E-state index in [4.69, 9.17) is 0 Å². The molecule has 2 aliphatic carbocycles. The van der Waals surface area contributed by atoms with Crippen molar-refractivity contribution in [3.05, 3.63) is 155 Å². The average Bonchev–Trinajstić information content (AvgIpc) is 3.39. The van der Waals surface area contributed by atoms with Crippen molar-refractivity contribution < 1.29 is 0 Å². The predicted octanol–water partition coefficient (Wildman–Crippen LogP) is 9.16. The lowest BCUT2D eigenvalue weighted by Gasteiger charge is -2.31. The fourth-order valence-electron chi connectivity index (χ4n) is 6.80. The third-order valence-electron chi connectivity index (χ3n) is 8.33. The third kappa shape index (κ3) is 2.44. The molecule has 0 unspecified atom stereocenters. The van der Waals surface area contributed by atoms with Gasteiger partial charge in [0.1, 0.15) is 0 Å². The van der Waals surface area contributed by atoms with Gasteiger partial charge in [0, 0.05) is 0 Å². The van der Waals surface area contributed by atoms with Crippen LogP contribution in [-0.2, 0) is 5.41 Å². The first-order chi connectivity index (χ1) is 17.7. The molecule has 1 spiro atoms. The monoisotopic (exact) mass is 456 g/mol. The summed E-state index contributed by atoms with van der Waals surface area (Å²) < 4.78 is 0. The van der Waals surface area contributed by atoms with Crippen LogP contribution in [0.3, 0.4) is 0 Å². The van der Waals surface area contributed by atoms with Crippen LogP contribution in [0.25, 0.3) is 44.2 Å². The lowest BCUT2D eigenvalue weighted by Crippen LogP contribution is -2.26. The van der Waals surface area contributed by atoms with Crippen molar-refractivity contribution in [1.82, 2.24) is 0 Å². The van der Waals surface area contributed by atoms with Crippen LogP contribution in [0.15, 0.2) is 127 Å². The Morgan fingerprint density at radius 1 is 0.389 bits per heavy atom. The van der Waals surface area contributed by atoms with E-state index >= 15 is 0 Å². The fourth-order valence-corrected chi connectivity index (χ4v) is 6.80. The van der Waals surface area contributed by atoms with Crippen molar-refractivity contribution in [2.24, 2.45) is 0 Å². The molecule has 0 aliphatic heterocycles. The summed E-state index contributed by atoms with van der Waals surface area (Å²) in [6.07, 6.45) is 0. The largest absolute Gasteiger partial charge is 0.0725 e. The van der Waals surface area contributed by atoms with E-state index in [2.05, 4.69) is 134 Å². The minimum Gasteiger partial charge on any atom is -0.0619 e. The van der Waals surface area contributed by atoms with Gasteiger partial charge in [0.25, 0.3) is 0 Å². The first-order valence-corrected chi connectivity index (χ1v) is 12.7. The van der Waals surface area contributed by atoms with Gasteiger partial charge in [0.2, 0.25) is 0 Å². The topological polar surface area (TPSA) is 0 Å². The summed E-state index contributed by atoms with van der Waals surface area (Å²) in [5.41, 5.74) is 14.5. The zero-order valence-electron chi connectivity index (χ0n) is 20.1. The molecule has 0 N–H and O–H groups in total. The van der Waals surface area contributed by atoms with E-state index in [1.54, 1.807) is 0 Å². The Labute approximate surface area is 211 Å². The zero-order valence-corrected chi connectivity index (χ0v) is 20.1. The smallest absolute Gasteiger partial charge is 0.0619 e. The van der Waals surface area contributed by atoms with E-state index in [-0.39, 0.29) is 5.41 Å². The van der Waals surface area contributed by atoms with Crippen molar-refractivity contribution in [2.75, 3.05) is 0 Å². The van der Waals surface area contributed by atoms with Gasteiger partial charge in [-0.3, -0.25) is 0 Å². The van der Waals surface area contributed by atoms with E-state index in [1.165, 1.54) is 72.0 Å². The Kier molecular flexibility index (Phi) is 3.89. The molecular weight excluding hydrogens is 432 g/mol. The van der Waals surface area contributed by atoms with Crippen LogP contribution in [0.1, 0.15) is 27.8 Å². The van der Waals surface area contributed by atoms with E-state index in [0.717, 1.165) is 0 Å². The Bertz CT molecular complexity index is 1810. The van der Waals surface area contributed by atoms with Crippen molar-refractivity contribution in [2.45, 2.75) is 12.3 Å². The molecule has 0 heteroatoms. The minimum atomic E-state index is -0.295. The van der Waals surface area contributed by atoms with Gasteiger partial charge in [-0.15, -0.1) is 0 Å². The predicted molar refractivity (Wildman–Crippen MR) is 150 cm³/mol. The van der Waals surface area contributed by atoms with E-state index in [1.807, 2.05) is 0 Å². The normalized spacial score (nSPS) is 13.9.